The molecular weight excluding hydrogens is 294 g/mol. The highest BCUT2D eigenvalue weighted by Crippen LogP contribution is 2.20. The second-order valence-corrected chi connectivity index (χ2v) is 7.95. The number of primary amides is 1. The van der Waals surface area contributed by atoms with Gasteiger partial charge in [0.05, 0.1) is 11.7 Å². The SMILES string of the molecule is CCS(=O)(=O)N1CCN(C2CCOCC2)C[C@@H](C(N)=O)C1. The number of ether oxygens (including phenoxy) is 1. The topological polar surface area (TPSA) is 92.9 Å². The molecule has 2 heterocycles. The fraction of sp³-hybridized carbons (Fsp3) is 0.923. The van der Waals surface area contributed by atoms with E-state index >= 15 is 0 Å². The summed E-state index contributed by atoms with van der Waals surface area (Å²) in [7, 11) is -3.29. The van der Waals surface area contributed by atoms with Gasteiger partial charge in [-0.25, -0.2) is 8.42 Å². The average Bonchev–Trinajstić information content (AvgIpc) is 2.72. The Hall–Kier alpha value is -0.700. The third kappa shape index (κ3) is 4.15. The fourth-order valence-corrected chi connectivity index (χ4v) is 4.14. The monoisotopic (exact) mass is 319 g/mol. The second-order valence-electron chi connectivity index (χ2n) is 5.70. The maximum Gasteiger partial charge on any atom is 0.223 e. The van der Waals surface area contributed by atoms with Crippen molar-refractivity contribution in [1.29, 1.82) is 0 Å². The van der Waals surface area contributed by atoms with Crippen molar-refractivity contribution in [2.24, 2.45) is 11.7 Å². The number of rotatable bonds is 4. The average molecular weight is 319 g/mol. The molecule has 2 N–H and O–H groups in total. The van der Waals surface area contributed by atoms with Gasteiger partial charge >= 0.3 is 0 Å². The Balaban J connectivity index is 2.12. The molecule has 0 radical (unpaired) electrons. The van der Waals surface area contributed by atoms with Crippen LogP contribution in [0.15, 0.2) is 0 Å². The van der Waals surface area contributed by atoms with Crippen molar-refractivity contribution in [3.63, 3.8) is 0 Å². The van der Waals surface area contributed by atoms with Crippen LogP contribution >= 0.6 is 0 Å². The van der Waals surface area contributed by atoms with Gasteiger partial charge in [0.15, 0.2) is 0 Å². The van der Waals surface area contributed by atoms with Crippen molar-refractivity contribution in [3.05, 3.63) is 0 Å². The molecule has 2 saturated heterocycles. The van der Waals surface area contributed by atoms with Crippen molar-refractivity contribution >= 4 is 15.9 Å². The van der Waals surface area contributed by atoms with E-state index in [1.54, 1.807) is 6.92 Å². The van der Waals surface area contributed by atoms with Gasteiger partial charge in [0, 0.05) is 45.4 Å². The molecule has 0 aromatic heterocycles. The van der Waals surface area contributed by atoms with Crippen molar-refractivity contribution in [1.82, 2.24) is 9.21 Å². The highest BCUT2D eigenvalue weighted by atomic mass is 32.2. The lowest BCUT2D eigenvalue weighted by Gasteiger charge is -2.34. The van der Waals surface area contributed by atoms with Gasteiger partial charge in [0.2, 0.25) is 15.9 Å². The summed E-state index contributed by atoms with van der Waals surface area (Å²) in [5, 5.41) is 0. The standard InChI is InChI=1S/C13H25N3O4S/c1-2-21(18,19)16-6-5-15(9-11(10-16)13(14)17)12-3-7-20-8-4-12/h11-12H,2-10H2,1H3,(H2,14,17)/t11-/m1/s1. The number of amides is 1. The minimum absolute atomic E-state index is 0.0513. The van der Waals surface area contributed by atoms with E-state index in [4.69, 9.17) is 10.5 Å². The predicted molar refractivity (Wildman–Crippen MR) is 79.1 cm³/mol. The van der Waals surface area contributed by atoms with Gasteiger partial charge in [-0.3, -0.25) is 9.69 Å². The summed E-state index contributed by atoms with van der Waals surface area (Å²) in [6, 6.07) is 0.352. The number of carbonyl (C=O) groups is 1. The first-order valence-electron chi connectivity index (χ1n) is 7.53. The van der Waals surface area contributed by atoms with Crippen molar-refractivity contribution in [2.75, 3.05) is 45.1 Å². The molecule has 2 fully saturated rings. The van der Waals surface area contributed by atoms with Crippen LogP contribution < -0.4 is 5.73 Å². The largest absolute Gasteiger partial charge is 0.381 e. The summed E-state index contributed by atoms with van der Waals surface area (Å²) in [6.45, 7) is 4.88. The second kappa shape index (κ2) is 7.04. The molecule has 122 valence electrons. The zero-order valence-corrected chi connectivity index (χ0v) is 13.3. The summed E-state index contributed by atoms with van der Waals surface area (Å²) in [5.74, 6) is -0.822. The van der Waals surface area contributed by atoms with Gasteiger partial charge in [-0.2, -0.15) is 4.31 Å². The van der Waals surface area contributed by atoms with Gasteiger partial charge in [-0.05, 0) is 19.8 Å². The van der Waals surface area contributed by atoms with E-state index in [-0.39, 0.29) is 12.3 Å². The van der Waals surface area contributed by atoms with E-state index in [2.05, 4.69) is 4.90 Å². The minimum atomic E-state index is -3.29. The van der Waals surface area contributed by atoms with Gasteiger partial charge in [-0.15, -0.1) is 0 Å². The smallest absolute Gasteiger partial charge is 0.223 e. The van der Waals surface area contributed by atoms with E-state index in [1.807, 2.05) is 0 Å². The molecule has 7 nitrogen and oxygen atoms in total. The minimum Gasteiger partial charge on any atom is -0.381 e. The molecule has 0 aliphatic carbocycles. The van der Waals surface area contributed by atoms with Crippen molar-refractivity contribution < 1.29 is 17.9 Å². The molecule has 2 aliphatic heterocycles. The first-order valence-corrected chi connectivity index (χ1v) is 9.14. The lowest BCUT2D eigenvalue weighted by atomic mass is 10.0. The lowest BCUT2D eigenvalue weighted by molar-refractivity contribution is -0.122. The Bertz CT molecular complexity index is 462. The van der Waals surface area contributed by atoms with E-state index in [1.165, 1.54) is 4.31 Å². The van der Waals surface area contributed by atoms with Gasteiger partial charge in [-0.1, -0.05) is 0 Å². The summed E-state index contributed by atoms with van der Waals surface area (Å²) in [4.78, 5) is 13.9. The van der Waals surface area contributed by atoms with Crippen LogP contribution in [0.1, 0.15) is 19.8 Å². The number of hydrogen-bond acceptors (Lipinski definition) is 5. The number of hydrogen-bond donors (Lipinski definition) is 1. The maximum atomic E-state index is 12.1. The summed E-state index contributed by atoms with van der Waals surface area (Å²) < 4.78 is 31.0. The molecule has 0 aromatic rings. The Morgan fingerprint density at radius 2 is 1.90 bits per heavy atom. The summed E-state index contributed by atoms with van der Waals surface area (Å²) >= 11 is 0. The van der Waals surface area contributed by atoms with E-state index in [0.29, 0.717) is 25.7 Å². The van der Waals surface area contributed by atoms with Crippen LogP contribution in [-0.4, -0.2) is 74.7 Å². The molecular formula is C13H25N3O4S. The third-order valence-corrected chi connectivity index (χ3v) is 6.23. The quantitative estimate of drug-likeness (QED) is 0.735. The Labute approximate surface area is 126 Å². The van der Waals surface area contributed by atoms with Gasteiger partial charge in [0.1, 0.15) is 0 Å². The van der Waals surface area contributed by atoms with E-state index in [9.17, 15) is 13.2 Å². The molecule has 0 spiro atoms. The van der Waals surface area contributed by atoms with Crippen LogP contribution in [0.2, 0.25) is 0 Å². The lowest BCUT2D eigenvalue weighted by Crippen LogP contribution is -2.44. The van der Waals surface area contributed by atoms with Crippen LogP contribution in [0, 0.1) is 5.92 Å². The van der Waals surface area contributed by atoms with Crippen LogP contribution in [0.3, 0.4) is 0 Å². The van der Waals surface area contributed by atoms with Gasteiger partial charge < -0.3 is 10.5 Å². The van der Waals surface area contributed by atoms with E-state index < -0.39 is 21.8 Å². The number of nitrogens with two attached hydrogens (primary N) is 1. The third-order valence-electron chi connectivity index (χ3n) is 4.38. The molecule has 0 aromatic carbocycles. The molecule has 8 heteroatoms. The van der Waals surface area contributed by atoms with Crippen LogP contribution in [0.4, 0.5) is 0 Å². The van der Waals surface area contributed by atoms with Crippen LogP contribution in [-0.2, 0) is 19.6 Å². The molecule has 0 bridgehead atoms. The molecule has 1 atom stereocenters. The normalized spacial score (nSPS) is 27.4. The Kier molecular flexibility index (Phi) is 5.59. The molecule has 0 saturated carbocycles. The highest BCUT2D eigenvalue weighted by molar-refractivity contribution is 7.89. The summed E-state index contributed by atoms with van der Waals surface area (Å²) in [6.07, 6.45) is 1.85. The number of carbonyl (C=O) groups excluding carboxylic acids is 1. The first kappa shape index (κ1) is 16.7. The highest BCUT2D eigenvalue weighted by Gasteiger charge is 2.34. The van der Waals surface area contributed by atoms with Crippen molar-refractivity contribution in [3.8, 4) is 0 Å². The Morgan fingerprint density at radius 1 is 1.24 bits per heavy atom. The first-order chi connectivity index (χ1) is 9.94. The molecule has 1 amide bonds. The Morgan fingerprint density at radius 3 is 2.48 bits per heavy atom. The predicted octanol–water partition coefficient (Wildman–Crippen LogP) is -0.766. The number of nitrogens with zero attached hydrogens (tertiary/aromatic N) is 2. The molecule has 0 unspecified atom stereocenters. The molecule has 2 rings (SSSR count). The fourth-order valence-electron chi connectivity index (χ4n) is 3.01. The van der Waals surface area contributed by atoms with Gasteiger partial charge in [0.25, 0.3) is 0 Å². The van der Waals surface area contributed by atoms with Crippen molar-refractivity contribution in [2.45, 2.75) is 25.8 Å². The summed E-state index contributed by atoms with van der Waals surface area (Å²) in [5.41, 5.74) is 5.46. The molecule has 2 aliphatic rings. The van der Waals surface area contributed by atoms with Crippen LogP contribution in [0.25, 0.3) is 0 Å². The van der Waals surface area contributed by atoms with Crippen LogP contribution in [0.5, 0.6) is 0 Å². The zero-order chi connectivity index (χ0) is 15.5. The molecule has 21 heavy (non-hydrogen) atoms. The maximum absolute atomic E-state index is 12.1. The van der Waals surface area contributed by atoms with E-state index in [0.717, 1.165) is 26.1 Å². The number of sulfonamides is 1. The zero-order valence-electron chi connectivity index (χ0n) is 12.5.